The van der Waals surface area contributed by atoms with E-state index in [-0.39, 0.29) is 17.1 Å². The van der Waals surface area contributed by atoms with Crippen LogP contribution in [0.4, 0.5) is 8.78 Å². The second-order valence-corrected chi connectivity index (χ2v) is 3.86. The maximum absolute atomic E-state index is 13.2. The highest BCUT2D eigenvalue weighted by Crippen LogP contribution is 2.23. The number of rotatable bonds is 2. The molecule has 0 bridgehead atoms. The summed E-state index contributed by atoms with van der Waals surface area (Å²) < 4.78 is 26.3. The number of aromatic hydroxyl groups is 1. The lowest BCUT2D eigenvalue weighted by molar-refractivity contribution is -0.117. The molecule has 1 heterocycles. The van der Waals surface area contributed by atoms with E-state index in [1.807, 2.05) is 0 Å². The lowest BCUT2D eigenvalue weighted by Gasteiger charge is -1.99. The van der Waals surface area contributed by atoms with Crippen LogP contribution in [0.5, 0.6) is 5.75 Å². The van der Waals surface area contributed by atoms with E-state index in [2.05, 4.69) is 15.6 Å². The maximum atomic E-state index is 13.2. The number of likely N-dealkylation sites (N-methyl/N-ethyl adjacent to an activating group) is 1. The second kappa shape index (κ2) is 5.08. The van der Waals surface area contributed by atoms with Gasteiger partial charge in [-0.3, -0.25) is 9.59 Å². The number of phenolic OH excluding ortho intramolecular Hbond substituents is 1. The van der Waals surface area contributed by atoms with Gasteiger partial charge in [0, 0.05) is 7.05 Å². The van der Waals surface area contributed by atoms with Gasteiger partial charge in [0.15, 0.2) is 23.2 Å². The third-order valence-corrected chi connectivity index (χ3v) is 2.48. The molecule has 0 atom stereocenters. The Hall–Kier alpha value is -2.77. The Bertz CT molecular complexity index is 645. The fraction of sp³-hybridized carbons (Fsp3) is 0.0833. The van der Waals surface area contributed by atoms with Crippen LogP contribution in [0.3, 0.4) is 0 Å². The highest BCUT2D eigenvalue weighted by atomic mass is 19.1. The van der Waals surface area contributed by atoms with Crippen molar-refractivity contribution >= 4 is 23.7 Å². The topological polar surface area (TPSA) is 90.8 Å². The largest absolute Gasteiger partial charge is 0.503 e. The zero-order valence-electron chi connectivity index (χ0n) is 10.2. The molecule has 8 heteroatoms. The van der Waals surface area contributed by atoms with Gasteiger partial charge >= 0.3 is 0 Å². The molecule has 3 N–H and O–H groups in total. The van der Waals surface area contributed by atoms with E-state index >= 15 is 0 Å². The standard InChI is InChI=1S/C12H9F2N3O3/c1-15-12(20)10-16-8(11(19)17-10)4-5-2-6(13)9(18)7(14)3-5/h2-4,18H,1H3,(H,15,20)(H,16,17,19). The smallest absolute Gasteiger partial charge is 0.286 e. The molecule has 2 amide bonds. The van der Waals surface area contributed by atoms with Gasteiger partial charge in [-0.2, -0.15) is 0 Å². The number of nitrogens with one attached hydrogen (secondary N) is 2. The van der Waals surface area contributed by atoms with E-state index in [4.69, 9.17) is 5.11 Å². The summed E-state index contributed by atoms with van der Waals surface area (Å²) in [6.07, 6.45) is 1.09. The Morgan fingerprint density at radius 1 is 1.40 bits per heavy atom. The molecule has 1 aromatic carbocycles. The third-order valence-electron chi connectivity index (χ3n) is 2.48. The van der Waals surface area contributed by atoms with Crippen LogP contribution in [0.15, 0.2) is 22.8 Å². The highest BCUT2D eigenvalue weighted by Gasteiger charge is 2.24. The van der Waals surface area contributed by atoms with E-state index in [1.165, 1.54) is 7.05 Å². The summed E-state index contributed by atoms with van der Waals surface area (Å²) in [6.45, 7) is 0. The van der Waals surface area contributed by atoms with Crippen LogP contribution in [-0.2, 0) is 9.59 Å². The monoisotopic (exact) mass is 281 g/mol. The normalized spacial score (nSPS) is 16.1. The van der Waals surface area contributed by atoms with Crippen LogP contribution in [0.25, 0.3) is 6.08 Å². The second-order valence-electron chi connectivity index (χ2n) is 3.86. The van der Waals surface area contributed by atoms with Crippen molar-refractivity contribution in [3.63, 3.8) is 0 Å². The number of phenols is 1. The molecule has 104 valence electrons. The van der Waals surface area contributed by atoms with Gasteiger partial charge in [-0.25, -0.2) is 13.8 Å². The molecule has 6 nitrogen and oxygen atoms in total. The number of nitrogens with zero attached hydrogens (tertiary/aromatic N) is 1. The number of aliphatic imine (C=N–C) groups is 1. The molecule has 2 rings (SSSR count). The molecule has 0 saturated carbocycles. The lowest BCUT2D eigenvalue weighted by atomic mass is 10.1. The average Bonchev–Trinajstić information content (AvgIpc) is 2.76. The van der Waals surface area contributed by atoms with Crippen LogP contribution in [0, 0.1) is 11.6 Å². The van der Waals surface area contributed by atoms with Gasteiger partial charge in [0.1, 0.15) is 5.70 Å². The summed E-state index contributed by atoms with van der Waals surface area (Å²) in [5, 5.41) is 13.4. The molecule has 0 fully saturated rings. The highest BCUT2D eigenvalue weighted by molar-refractivity contribution is 6.43. The van der Waals surface area contributed by atoms with Gasteiger partial charge in [0.2, 0.25) is 0 Å². The number of hydrogen-bond acceptors (Lipinski definition) is 4. The molecule has 0 saturated heterocycles. The van der Waals surface area contributed by atoms with Crippen molar-refractivity contribution in [2.45, 2.75) is 0 Å². The Morgan fingerprint density at radius 2 is 2.00 bits per heavy atom. The van der Waals surface area contributed by atoms with Crippen molar-refractivity contribution in [3.8, 4) is 5.75 Å². The van der Waals surface area contributed by atoms with Crippen LogP contribution in [-0.4, -0.2) is 29.8 Å². The predicted molar refractivity (Wildman–Crippen MR) is 65.6 cm³/mol. The van der Waals surface area contributed by atoms with Crippen LogP contribution in [0.2, 0.25) is 0 Å². The van der Waals surface area contributed by atoms with Crippen LogP contribution in [0.1, 0.15) is 5.56 Å². The molecule has 1 aromatic rings. The summed E-state index contributed by atoms with van der Waals surface area (Å²) in [4.78, 5) is 26.5. The van der Waals surface area contributed by atoms with Crippen LogP contribution >= 0.6 is 0 Å². The first kappa shape index (κ1) is 13.7. The third kappa shape index (κ3) is 2.48. The van der Waals surface area contributed by atoms with Gasteiger partial charge in [0.05, 0.1) is 0 Å². The molecule has 0 unspecified atom stereocenters. The minimum absolute atomic E-state index is 0.00939. The van der Waals surface area contributed by atoms with E-state index in [0.717, 1.165) is 18.2 Å². The van der Waals surface area contributed by atoms with Crippen molar-refractivity contribution in [1.29, 1.82) is 0 Å². The number of halogens is 2. The van der Waals surface area contributed by atoms with E-state index in [9.17, 15) is 18.4 Å². The first-order valence-corrected chi connectivity index (χ1v) is 5.44. The molecular formula is C12H9F2N3O3. The first-order chi connectivity index (χ1) is 9.42. The van der Waals surface area contributed by atoms with Crippen molar-refractivity contribution in [2.75, 3.05) is 7.05 Å². The van der Waals surface area contributed by atoms with E-state index in [0.29, 0.717) is 0 Å². The van der Waals surface area contributed by atoms with Gasteiger partial charge in [-0.05, 0) is 23.8 Å². The summed E-state index contributed by atoms with van der Waals surface area (Å²) in [5.41, 5.74) is -0.182. The average molecular weight is 281 g/mol. The molecule has 1 aliphatic rings. The Morgan fingerprint density at radius 3 is 2.55 bits per heavy atom. The summed E-state index contributed by atoms with van der Waals surface area (Å²) in [7, 11) is 1.36. The zero-order chi connectivity index (χ0) is 14.9. The molecule has 0 aromatic heterocycles. The quantitative estimate of drug-likeness (QED) is 0.680. The SMILES string of the molecule is CNC(=O)C1=NC(=Cc2cc(F)c(O)c(F)c2)C(=O)N1. The fourth-order valence-corrected chi connectivity index (χ4v) is 1.52. The number of amidine groups is 1. The molecule has 0 radical (unpaired) electrons. The number of amides is 2. The Balaban J connectivity index is 2.38. The summed E-state index contributed by atoms with van der Waals surface area (Å²) >= 11 is 0. The molecule has 0 aliphatic carbocycles. The summed E-state index contributed by atoms with van der Waals surface area (Å²) in [6, 6.07) is 1.68. The minimum atomic E-state index is -1.16. The number of benzene rings is 1. The first-order valence-electron chi connectivity index (χ1n) is 5.44. The van der Waals surface area contributed by atoms with E-state index in [1.54, 1.807) is 0 Å². The Kier molecular flexibility index (Phi) is 3.47. The zero-order valence-corrected chi connectivity index (χ0v) is 10.2. The summed E-state index contributed by atoms with van der Waals surface area (Å²) in [5.74, 6) is -4.89. The van der Waals surface area contributed by atoms with Crippen LogP contribution < -0.4 is 10.6 Å². The molecule has 20 heavy (non-hydrogen) atoms. The van der Waals surface area contributed by atoms with Gasteiger partial charge < -0.3 is 15.7 Å². The van der Waals surface area contributed by atoms with Gasteiger partial charge in [-0.1, -0.05) is 0 Å². The molecular weight excluding hydrogens is 272 g/mol. The van der Waals surface area contributed by atoms with Gasteiger partial charge in [0.25, 0.3) is 11.8 Å². The minimum Gasteiger partial charge on any atom is -0.503 e. The van der Waals surface area contributed by atoms with E-state index < -0.39 is 29.2 Å². The lowest BCUT2D eigenvalue weighted by Crippen LogP contribution is -2.37. The number of carbonyl (C=O) groups excluding carboxylic acids is 2. The van der Waals surface area contributed by atoms with Crippen molar-refractivity contribution in [2.24, 2.45) is 4.99 Å². The van der Waals surface area contributed by atoms with Crippen molar-refractivity contribution in [3.05, 3.63) is 35.0 Å². The predicted octanol–water partition coefficient (Wildman–Crippen LogP) is 0.286. The molecule has 0 spiro atoms. The molecule has 1 aliphatic heterocycles. The maximum Gasteiger partial charge on any atom is 0.286 e. The number of hydrogen-bond donors (Lipinski definition) is 3. The fourth-order valence-electron chi connectivity index (χ4n) is 1.52. The number of carbonyl (C=O) groups is 2. The van der Waals surface area contributed by atoms with Crippen molar-refractivity contribution in [1.82, 2.24) is 10.6 Å². The van der Waals surface area contributed by atoms with Gasteiger partial charge in [-0.15, -0.1) is 0 Å². The van der Waals surface area contributed by atoms with Crippen molar-refractivity contribution < 1.29 is 23.5 Å². The Labute approximate surface area is 111 Å².